The predicted octanol–water partition coefficient (Wildman–Crippen LogP) is 3.58. The van der Waals surface area contributed by atoms with Gasteiger partial charge in [-0.3, -0.25) is 9.69 Å². The molecule has 5 nitrogen and oxygen atoms in total. The van der Waals surface area contributed by atoms with Crippen LogP contribution in [-0.2, 0) is 16.1 Å². The molecule has 1 aromatic carbocycles. The van der Waals surface area contributed by atoms with E-state index in [1.54, 1.807) is 4.90 Å². The number of piperidine rings is 1. The number of likely N-dealkylation sites (tertiary alicyclic amines) is 2. The van der Waals surface area contributed by atoms with E-state index in [2.05, 4.69) is 6.92 Å². The summed E-state index contributed by atoms with van der Waals surface area (Å²) in [7, 11) is 0. The molecule has 0 saturated carbocycles. The highest BCUT2D eigenvalue weighted by Gasteiger charge is 2.49. The van der Waals surface area contributed by atoms with Crippen molar-refractivity contribution in [3.05, 3.63) is 35.9 Å². The number of amides is 2. The van der Waals surface area contributed by atoms with E-state index in [1.165, 1.54) is 6.42 Å². The Kier molecular flexibility index (Phi) is 5.30. The second kappa shape index (κ2) is 7.46. The molecule has 0 aliphatic carbocycles. The molecule has 5 heteroatoms. The maximum Gasteiger partial charge on any atom is 0.410 e. The molecule has 2 aliphatic heterocycles. The van der Waals surface area contributed by atoms with E-state index >= 15 is 0 Å². The molecule has 0 radical (unpaired) electrons. The fourth-order valence-corrected chi connectivity index (χ4v) is 3.98. The second-order valence-corrected chi connectivity index (χ2v) is 7.41. The monoisotopic (exact) mass is 344 g/mol. The first-order valence-electron chi connectivity index (χ1n) is 9.32. The van der Waals surface area contributed by atoms with E-state index in [1.807, 2.05) is 42.2 Å². The maximum absolute atomic E-state index is 13.2. The topological polar surface area (TPSA) is 49.9 Å². The van der Waals surface area contributed by atoms with E-state index in [9.17, 15) is 9.59 Å². The summed E-state index contributed by atoms with van der Waals surface area (Å²) >= 11 is 0. The van der Waals surface area contributed by atoms with Crippen LogP contribution in [0.4, 0.5) is 4.79 Å². The predicted molar refractivity (Wildman–Crippen MR) is 96.0 cm³/mol. The average Bonchev–Trinajstić information content (AvgIpc) is 3.03. The van der Waals surface area contributed by atoms with E-state index in [-0.39, 0.29) is 24.6 Å². The minimum atomic E-state index is -0.778. The summed E-state index contributed by atoms with van der Waals surface area (Å²) in [5.41, 5.74) is 0.173. The molecule has 0 bridgehead atoms. The van der Waals surface area contributed by atoms with Crippen LogP contribution in [0.1, 0.15) is 51.5 Å². The molecule has 2 saturated heterocycles. The van der Waals surface area contributed by atoms with Crippen molar-refractivity contribution < 1.29 is 14.3 Å². The van der Waals surface area contributed by atoms with Crippen LogP contribution >= 0.6 is 0 Å². The first-order valence-corrected chi connectivity index (χ1v) is 9.32. The quantitative estimate of drug-likeness (QED) is 0.842. The molecule has 25 heavy (non-hydrogen) atoms. The molecule has 2 unspecified atom stereocenters. The summed E-state index contributed by atoms with van der Waals surface area (Å²) < 4.78 is 5.49. The van der Waals surface area contributed by atoms with Crippen LogP contribution in [-0.4, -0.2) is 46.5 Å². The van der Waals surface area contributed by atoms with Gasteiger partial charge in [-0.05, 0) is 51.5 Å². The van der Waals surface area contributed by atoms with Crippen LogP contribution < -0.4 is 0 Å². The Morgan fingerprint density at radius 1 is 1.16 bits per heavy atom. The van der Waals surface area contributed by atoms with Crippen LogP contribution in [0.2, 0.25) is 0 Å². The Labute approximate surface area is 149 Å². The Morgan fingerprint density at radius 2 is 1.92 bits per heavy atom. The van der Waals surface area contributed by atoms with E-state index in [0.717, 1.165) is 31.4 Å². The van der Waals surface area contributed by atoms with Gasteiger partial charge in [0.1, 0.15) is 12.1 Å². The summed E-state index contributed by atoms with van der Waals surface area (Å²) in [6, 6.07) is 9.88. The van der Waals surface area contributed by atoms with E-state index in [4.69, 9.17) is 4.74 Å². The van der Waals surface area contributed by atoms with Crippen molar-refractivity contribution in [3.63, 3.8) is 0 Å². The van der Waals surface area contributed by atoms with Crippen molar-refractivity contribution >= 4 is 12.0 Å². The number of hydrogen-bond donors (Lipinski definition) is 0. The van der Waals surface area contributed by atoms with Crippen molar-refractivity contribution in [3.8, 4) is 0 Å². The van der Waals surface area contributed by atoms with Crippen molar-refractivity contribution in [2.24, 2.45) is 0 Å². The van der Waals surface area contributed by atoms with Gasteiger partial charge in [-0.15, -0.1) is 0 Å². The SMILES string of the molecule is CC1CCCCN1C(=O)C1(C)CCCN1C(=O)OCc1ccccc1. The largest absolute Gasteiger partial charge is 0.445 e. The molecule has 1 aromatic rings. The van der Waals surface area contributed by atoms with Gasteiger partial charge in [0.05, 0.1) is 0 Å². The van der Waals surface area contributed by atoms with Crippen molar-refractivity contribution in [2.75, 3.05) is 13.1 Å². The summed E-state index contributed by atoms with van der Waals surface area (Å²) in [6.07, 6.45) is 4.41. The molecule has 2 fully saturated rings. The third-order valence-corrected chi connectivity index (χ3v) is 5.59. The molecule has 0 N–H and O–H groups in total. The molecule has 136 valence electrons. The van der Waals surface area contributed by atoms with Gasteiger partial charge in [0, 0.05) is 19.1 Å². The third-order valence-electron chi connectivity index (χ3n) is 5.59. The van der Waals surface area contributed by atoms with Crippen LogP contribution in [0.3, 0.4) is 0 Å². The molecule has 2 amide bonds. The lowest BCUT2D eigenvalue weighted by Crippen LogP contribution is -2.59. The minimum absolute atomic E-state index is 0.0776. The molecule has 2 aliphatic rings. The van der Waals surface area contributed by atoms with E-state index in [0.29, 0.717) is 13.0 Å². The summed E-state index contributed by atoms with van der Waals surface area (Å²) in [4.78, 5) is 29.4. The van der Waals surface area contributed by atoms with E-state index < -0.39 is 5.54 Å². The van der Waals surface area contributed by atoms with Gasteiger partial charge in [-0.1, -0.05) is 30.3 Å². The van der Waals surface area contributed by atoms with Crippen LogP contribution in [0, 0.1) is 0 Å². The number of carbonyl (C=O) groups is 2. The average molecular weight is 344 g/mol. The van der Waals surface area contributed by atoms with Gasteiger partial charge in [-0.25, -0.2) is 4.79 Å². The molecular formula is C20H28N2O3. The third kappa shape index (κ3) is 3.65. The number of benzene rings is 1. The number of rotatable bonds is 3. The zero-order chi connectivity index (χ0) is 17.9. The molecule has 2 atom stereocenters. The van der Waals surface area contributed by atoms with Gasteiger partial charge in [-0.2, -0.15) is 0 Å². The molecule has 0 aromatic heterocycles. The lowest BCUT2D eigenvalue weighted by Gasteiger charge is -2.41. The Balaban J connectivity index is 1.67. The normalized spacial score (nSPS) is 26.6. The Morgan fingerprint density at radius 3 is 2.64 bits per heavy atom. The van der Waals surface area contributed by atoms with Crippen molar-refractivity contribution in [1.29, 1.82) is 0 Å². The minimum Gasteiger partial charge on any atom is -0.445 e. The summed E-state index contributed by atoms with van der Waals surface area (Å²) in [6.45, 7) is 5.61. The standard InChI is InChI=1S/C20H28N2O3/c1-16-9-6-7-13-21(16)18(23)20(2)12-8-14-22(20)19(24)25-15-17-10-4-3-5-11-17/h3-5,10-11,16H,6-9,12-15H2,1-2H3. The Bertz CT molecular complexity index is 619. The summed E-state index contributed by atoms with van der Waals surface area (Å²) in [5.74, 6) is 0.0776. The number of nitrogens with zero attached hydrogens (tertiary/aromatic N) is 2. The molecular weight excluding hydrogens is 316 g/mol. The first kappa shape index (κ1) is 17.8. The number of ether oxygens (including phenoxy) is 1. The van der Waals surface area contributed by atoms with Crippen molar-refractivity contribution in [1.82, 2.24) is 9.80 Å². The van der Waals surface area contributed by atoms with Gasteiger partial charge < -0.3 is 9.64 Å². The Hall–Kier alpha value is -2.04. The zero-order valence-electron chi connectivity index (χ0n) is 15.2. The maximum atomic E-state index is 13.2. The fraction of sp³-hybridized carbons (Fsp3) is 0.600. The van der Waals surface area contributed by atoms with Crippen LogP contribution in [0.5, 0.6) is 0 Å². The van der Waals surface area contributed by atoms with Gasteiger partial charge >= 0.3 is 6.09 Å². The van der Waals surface area contributed by atoms with Crippen LogP contribution in [0.15, 0.2) is 30.3 Å². The lowest BCUT2D eigenvalue weighted by atomic mass is 9.93. The molecule has 0 spiro atoms. The first-order chi connectivity index (χ1) is 12.0. The number of hydrogen-bond acceptors (Lipinski definition) is 3. The smallest absolute Gasteiger partial charge is 0.410 e. The zero-order valence-corrected chi connectivity index (χ0v) is 15.2. The van der Waals surface area contributed by atoms with Crippen molar-refractivity contribution in [2.45, 2.75) is 64.1 Å². The summed E-state index contributed by atoms with van der Waals surface area (Å²) in [5, 5.41) is 0. The highest BCUT2D eigenvalue weighted by Crippen LogP contribution is 2.33. The van der Waals surface area contributed by atoms with Crippen LogP contribution in [0.25, 0.3) is 0 Å². The highest BCUT2D eigenvalue weighted by molar-refractivity contribution is 5.90. The molecule has 3 rings (SSSR count). The second-order valence-electron chi connectivity index (χ2n) is 7.41. The highest BCUT2D eigenvalue weighted by atomic mass is 16.6. The van der Waals surface area contributed by atoms with Gasteiger partial charge in [0.15, 0.2) is 0 Å². The molecule has 2 heterocycles. The fourth-order valence-electron chi connectivity index (χ4n) is 3.98. The van der Waals surface area contributed by atoms with Gasteiger partial charge in [0.2, 0.25) is 5.91 Å². The van der Waals surface area contributed by atoms with Gasteiger partial charge in [0.25, 0.3) is 0 Å². The number of carbonyl (C=O) groups excluding carboxylic acids is 2. The lowest BCUT2D eigenvalue weighted by molar-refractivity contribution is -0.144.